The van der Waals surface area contributed by atoms with E-state index < -0.39 is 6.04 Å². The number of carbonyl (C=O) groups excluding carboxylic acids is 1. The molecule has 2 aromatic carbocycles. The van der Waals surface area contributed by atoms with E-state index in [-0.39, 0.29) is 24.4 Å². The highest BCUT2D eigenvalue weighted by Gasteiger charge is 2.35. The number of nitrogens with zero attached hydrogens (tertiary/aromatic N) is 1. The average molecular weight is 345 g/mol. The van der Waals surface area contributed by atoms with Crippen molar-refractivity contribution in [3.63, 3.8) is 0 Å². The second-order valence-corrected chi connectivity index (χ2v) is 6.52. The van der Waals surface area contributed by atoms with E-state index in [1.54, 1.807) is 0 Å². The van der Waals surface area contributed by atoms with E-state index in [2.05, 4.69) is 38.1 Å². The van der Waals surface area contributed by atoms with E-state index in [0.29, 0.717) is 5.92 Å². The Morgan fingerprint density at radius 3 is 2.42 bits per heavy atom. The molecule has 1 aliphatic heterocycles. The maximum Gasteiger partial charge on any atom is 0.244 e. The number of hydrogen-bond acceptors (Lipinski definition) is 2. The Labute approximate surface area is 150 Å². The minimum absolute atomic E-state index is 0. The van der Waals surface area contributed by atoms with E-state index in [4.69, 9.17) is 5.73 Å². The SMILES string of the molecule is Cc1ccccc1C1CC(C)N(C(=O)C(N)c2ccccc2)C1.Cl. The van der Waals surface area contributed by atoms with Crippen LogP contribution >= 0.6 is 12.4 Å². The molecule has 0 radical (unpaired) electrons. The topological polar surface area (TPSA) is 46.3 Å². The fraction of sp³-hybridized carbons (Fsp3) is 0.350. The summed E-state index contributed by atoms with van der Waals surface area (Å²) < 4.78 is 0. The summed E-state index contributed by atoms with van der Waals surface area (Å²) in [6, 6.07) is 17.7. The smallest absolute Gasteiger partial charge is 0.244 e. The standard InChI is InChI=1S/C20H24N2O.ClH/c1-14-8-6-7-11-18(14)17-12-15(2)22(13-17)20(23)19(21)16-9-4-3-5-10-16;/h3-11,15,17,19H,12-13,21H2,1-2H3;1H. The first-order valence-electron chi connectivity index (χ1n) is 8.24. The first-order chi connectivity index (χ1) is 11.1. The van der Waals surface area contributed by atoms with Gasteiger partial charge in [-0.25, -0.2) is 0 Å². The van der Waals surface area contributed by atoms with Gasteiger partial charge in [-0.1, -0.05) is 54.6 Å². The Kier molecular flexibility index (Phi) is 6.03. The zero-order valence-electron chi connectivity index (χ0n) is 14.2. The highest BCUT2D eigenvalue weighted by atomic mass is 35.5. The summed E-state index contributed by atoms with van der Waals surface area (Å²) in [5.74, 6) is 0.429. The Balaban J connectivity index is 0.00000208. The van der Waals surface area contributed by atoms with Crippen molar-refractivity contribution in [3.05, 3.63) is 71.3 Å². The van der Waals surface area contributed by atoms with Gasteiger partial charge in [-0.3, -0.25) is 4.79 Å². The molecule has 4 heteroatoms. The van der Waals surface area contributed by atoms with Crippen molar-refractivity contribution in [2.45, 2.75) is 38.3 Å². The summed E-state index contributed by atoms with van der Waals surface area (Å²) >= 11 is 0. The van der Waals surface area contributed by atoms with Crippen molar-refractivity contribution >= 4 is 18.3 Å². The van der Waals surface area contributed by atoms with Gasteiger partial charge in [-0.2, -0.15) is 0 Å². The Bertz CT molecular complexity index is 689. The average Bonchev–Trinajstić information content (AvgIpc) is 2.96. The third kappa shape index (κ3) is 3.63. The van der Waals surface area contributed by atoms with Gasteiger partial charge in [-0.05, 0) is 37.0 Å². The first-order valence-corrected chi connectivity index (χ1v) is 8.24. The molecule has 0 bridgehead atoms. The van der Waals surface area contributed by atoms with Gasteiger partial charge in [0.2, 0.25) is 5.91 Å². The van der Waals surface area contributed by atoms with Crippen molar-refractivity contribution in [3.8, 4) is 0 Å². The van der Waals surface area contributed by atoms with Gasteiger partial charge in [0.25, 0.3) is 0 Å². The molecule has 0 aliphatic carbocycles. The van der Waals surface area contributed by atoms with E-state index in [0.717, 1.165) is 18.5 Å². The maximum absolute atomic E-state index is 12.8. The highest BCUT2D eigenvalue weighted by molar-refractivity contribution is 5.85. The first kappa shape index (κ1) is 18.5. The number of likely N-dealkylation sites (tertiary alicyclic amines) is 1. The van der Waals surface area contributed by atoms with E-state index in [9.17, 15) is 4.79 Å². The van der Waals surface area contributed by atoms with Gasteiger partial charge in [0.05, 0.1) is 0 Å². The molecule has 3 atom stereocenters. The van der Waals surface area contributed by atoms with Crippen molar-refractivity contribution in [2.75, 3.05) is 6.54 Å². The van der Waals surface area contributed by atoms with Gasteiger partial charge in [0.1, 0.15) is 6.04 Å². The van der Waals surface area contributed by atoms with Crippen LogP contribution in [-0.4, -0.2) is 23.4 Å². The Hall–Kier alpha value is -1.84. The fourth-order valence-corrected chi connectivity index (χ4v) is 3.59. The summed E-state index contributed by atoms with van der Waals surface area (Å²) in [4.78, 5) is 14.8. The van der Waals surface area contributed by atoms with Crippen LogP contribution in [0.25, 0.3) is 0 Å². The fourth-order valence-electron chi connectivity index (χ4n) is 3.59. The van der Waals surface area contributed by atoms with E-state index in [1.165, 1.54) is 11.1 Å². The number of halogens is 1. The molecular formula is C20H25ClN2O. The third-order valence-corrected chi connectivity index (χ3v) is 4.91. The molecule has 0 aromatic heterocycles. The minimum Gasteiger partial charge on any atom is -0.338 e. The van der Waals surface area contributed by atoms with Crippen LogP contribution in [0, 0.1) is 6.92 Å². The summed E-state index contributed by atoms with van der Waals surface area (Å²) in [5.41, 5.74) is 9.73. The molecule has 128 valence electrons. The summed E-state index contributed by atoms with van der Waals surface area (Å²) in [5, 5.41) is 0. The molecule has 3 rings (SSSR count). The summed E-state index contributed by atoms with van der Waals surface area (Å²) in [6.45, 7) is 5.01. The molecule has 3 unspecified atom stereocenters. The normalized spacial score (nSPS) is 21.2. The summed E-state index contributed by atoms with van der Waals surface area (Å²) in [6.07, 6.45) is 0.998. The largest absolute Gasteiger partial charge is 0.338 e. The minimum atomic E-state index is -0.575. The van der Waals surface area contributed by atoms with E-state index in [1.807, 2.05) is 35.2 Å². The van der Waals surface area contributed by atoms with Crippen LogP contribution < -0.4 is 5.73 Å². The van der Waals surface area contributed by atoms with Gasteiger partial charge in [0.15, 0.2) is 0 Å². The Morgan fingerprint density at radius 1 is 1.12 bits per heavy atom. The van der Waals surface area contributed by atoms with Crippen LogP contribution in [-0.2, 0) is 4.79 Å². The molecular weight excluding hydrogens is 320 g/mol. The molecule has 0 spiro atoms. The van der Waals surface area contributed by atoms with Crippen LogP contribution in [0.1, 0.15) is 42.0 Å². The van der Waals surface area contributed by atoms with Gasteiger partial charge >= 0.3 is 0 Å². The molecule has 1 saturated heterocycles. The van der Waals surface area contributed by atoms with Crippen LogP contribution in [0.3, 0.4) is 0 Å². The van der Waals surface area contributed by atoms with Crippen LogP contribution in [0.4, 0.5) is 0 Å². The van der Waals surface area contributed by atoms with Crippen LogP contribution in [0.2, 0.25) is 0 Å². The monoisotopic (exact) mass is 344 g/mol. The van der Waals surface area contributed by atoms with Gasteiger partial charge in [-0.15, -0.1) is 12.4 Å². The second kappa shape index (κ2) is 7.82. The lowest BCUT2D eigenvalue weighted by atomic mass is 9.93. The van der Waals surface area contributed by atoms with Crippen molar-refractivity contribution in [1.82, 2.24) is 4.90 Å². The molecule has 2 N–H and O–H groups in total. The molecule has 1 aliphatic rings. The zero-order chi connectivity index (χ0) is 16.4. The quantitative estimate of drug-likeness (QED) is 0.920. The number of hydrogen-bond donors (Lipinski definition) is 1. The van der Waals surface area contributed by atoms with E-state index >= 15 is 0 Å². The lowest BCUT2D eigenvalue weighted by Crippen LogP contribution is -2.40. The molecule has 24 heavy (non-hydrogen) atoms. The second-order valence-electron chi connectivity index (χ2n) is 6.52. The highest BCUT2D eigenvalue weighted by Crippen LogP contribution is 2.34. The zero-order valence-corrected chi connectivity index (χ0v) is 15.0. The number of nitrogens with two attached hydrogens (primary N) is 1. The number of carbonyl (C=O) groups is 1. The maximum atomic E-state index is 12.8. The molecule has 1 heterocycles. The predicted molar refractivity (Wildman–Crippen MR) is 100 cm³/mol. The lowest BCUT2D eigenvalue weighted by Gasteiger charge is -2.25. The number of benzene rings is 2. The van der Waals surface area contributed by atoms with Crippen molar-refractivity contribution in [2.24, 2.45) is 5.73 Å². The van der Waals surface area contributed by atoms with Crippen molar-refractivity contribution < 1.29 is 4.79 Å². The molecule has 2 aromatic rings. The lowest BCUT2D eigenvalue weighted by molar-refractivity contribution is -0.133. The molecule has 1 amide bonds. The van der Waals surface area contributed by atoms with Crippen molar-refractivity contribution in [1.29, 1.82) is 0 Å². The molecule has 3 nitrogen and oxygen atoms in total. The molecule has 0 saturated carbocycles. The third-order valence-electron chi connectivity index (χ3n) is 4.91. The molecule has 1 fully saturated rings. The Morgan fingerprint density at radius 2 is 1.75 bits per heavy atom. The summed E-state index contributed by atoms with van der Waals surface area (Å²) in [7, 11) is 0. The predicted octanol–water partition coefficient (Wildman–Crippen LogP) is 3.82. The van der Waals surface area contributed by atoms with Gasteiger partial charge in [0, 0.05) is 18.5 Å². The van der Waals surface area contributed by atoms with Crippen LogP contribution in [0.5, 0.6) is 0 Å². The number of aryl methyl sites for hydroxylation is 1. The van der Waals surface area contributed by atoms with Crippen LogP contribution in [0.15, 0.2) is 54.6 Å². The number of rotatable bonds is 3. The van der Waals surface area contributed by atoms with Gasteiger partial charge < -0.3 is 10.6 Å². The number of amides is 1.